The Morgan fingerprint density at radius 3 is 2.44 bits per heavy atom. The van der Waals surface area contributed by atoms with Crippen LogP contribution in [0.15, 0.2) is 30.7 Å². The van der Waals surface area contributed by atoms with Gasteiger partial charge in [0, 0.05) is 11.9 Å². The van der Waals surface area contributed by atoms with E-state index in [4.69, 9.17) is 0 Å². The van der Waals surface area contributed by atoms with Gasteiger partial charge in [-0.3, -0.25) is 0 Å². The molecule has 0 amide bonds. The van der Waals surface area contributed by atoms with Crippen molar-refractivity contribution in [1.29, 1.82) is 0 Å². The van der Waals surface area contributed by atoms with Crippen LogP contribution in [0.2, 0.25) is 0 Å². The van der Waals surface area contributed by atoms with Gasteiger partial charge in [-0.2, -0.15) is 0 Å². The third kappa shape index (κ3) is 2.16. The summed E-state index contributed by atoms with van der Waals surface area (Å²) in [6.45, 7) is 8.59. The monoisotopic (exact) mass is 214 g/mol. The van der Waals surface area contributed by atoms with Crippen molar-refractivity contribution in [3.8, 4) is 5.69 Å². The van der Waals surface area contributed by atoms with Crippen molar-refractivity contribution in [1.82, 2.24) is 9.55 Å². The maximum atomic E-state index is 4.26. The minimum absolute atomic E-state index is 0.559. The SMILES string of the molecule is Cc1cc(C(C)C)cc(-n2cnc(C)c2)c1. The molecule has 1 aromatic carbocycles. The summed E-state index contributed by atoms with van der Waals surface area (Å²) in [4.78, 5) is 4.26. The molecule has 1 aromatic heterocycles. The molecule has 16 heavy (non-hydrogen) atoms. The predicted octanol–water partition coefficient (Wildman–Crippen LogP) is 3.61. The summed E-state index contributed by atoms with van der Waals surface area (Å²) in [5.74, 6) is 0.559. The molecule has 2 nitrogen and oxygen atoms in total. The summed E-state index contributed by atoms with van der Waals surface area (Å²) in [5, 5.41) is 0. The first-order chi connectivity index (χ1) is 7.56. The summed E-state index contributed by atoms with van der Waals surface area (Å²) in [6, 6.07) is 6.67. The summed E-state index contributed by atoms with van der Waals surface area (Å²) in [6.07, 6.45) is 3.92. The van der Waals surface area contributed by atoms with Crippen LogP contribution < -0.4 is 0 Å². The molecule has 84 valence electrons. The molecular formula is C14H18N2. The van der Waals surface area contributed by atoms with Gasteiger partial charge < -0.3 is 4.57 Å². The Bertz CT molecular complexity index is 495. The molecular weight excluding hydrogens is 196 g/mol. The van der Waals surface area contributed by atoms with Crippen molar-refractivity contribution >= 4 is 0 Å². The topological polar surface area (TPSA) is 17.8 Å². The van der Waals surface area contributed by atoms with Crippen LogP contribution in [-0.4, -0.2) is 9.55 Å². The standard InChI is InChI=1S/C14H18N2/c1-10(2)13-5-11(3)6-14(7-13)16-8-12(4)15-9-16/h5-10H,1-4H3. The van der Waals surface area contributed by atoms with Crippen molar-refractivity contribution in [2.24, 2.45) is 0 Å². The summed E-state index contributed by atoms with van der Waals surface area (Å²) in [7, 11) is 0. The quantitative estimate of drug-likeness (QED) is 0.746. The third-order valence-corrected chi connectivity index (χ3v) is 2.76. The Kier molecular flexibility index (Phi) is 2.82. The number of nitrogens with zero attached hydrogens (tertiary/aromatic N) is 2. The van der Waals surface area contributed by atoms with Crippen LogP contribution in [0, 0.1) is 13.8 Å². The molecule has 0 aliphatic carbocycles. The van der Waals surface area contributed by atoms with Gasteiger partial charge in [0.2, 0.25) is 0 Å². The molecule has 0 N–H and O–H groups in total. The van der Waals surface area contributed by atoms with Crippen molar-refractivity contribution in [2.75, 3.05) is 0 Å². The lowest BCUT2D eigenvalue weighted by molar-refractivity contribution is 0.860. The minimum atomic E-state index is 0.559. The average molecular weight is 214 g/mol. The highest BCUT2D eigenvalue weighted by atomic mass is 15.0. The molecule has 1 heterocycles. The Morgan fingerprint density at radius 1 is 1.12 bits per heavy atom. The second-order valence-corrected chi connectivity index (χ2v) is 4.68. The largest absolute Gasteiger partial charge is 0.306 e. The van der Waals surface area contributed by atoms with Gasteiger partial charge in [-0.25, -0.2) is 4.98 Å². The van der Waals surface area contributed by atoms with E-state index in [1.165, 1.54) is 16.8 Å². The van der Waals surface area contributed by atoms with E-state index < -0.39 is 0 Å². The number of hydrogen-bond donors (Lipinski definition) is 0. The Hall–Kier alpha value is -1.57. The van der Waals surface area contributed by atoms with Crippen molar-refractivity contribution < 1.29 is 0 Å². The molecule has 0 aliphatic heterocycles. The number of aromatic nitrogens is 2. The van der Waals surface area contributed by atoms with Crippen LogP contribution >= 0.6 is 0 Å². The lowest BCUT2D eigenvalue weighted by Crippen LogP contribution is -1.95. The van der Waals surface area contributed by atoms with Crippen LogP contribution in [-0.2, 0) is 0 Å². The zero-order valence-corrected chi connectivity index (χ0v) is 10.4. The van der Waals surface area contributed by atoms with Crippen molar-refractivity contribution in [2.45, 2.75) is 33.6 Å². The second-order valence-electron chi connectivity index (χ2n) is 4.68. The predicted molar refractivity (Wildman–Crippen MR) is 67.1 cm³/mol. The first kappa shape index (κ1) is 10.9. The van der Waals surface area contributed by atoms with E-state index in [2.05, 4.69) is 54.7 Å². The fourth-order valence-corrected chi connectivity index (χ4v) is 1.84. The molecule has 0 atom stereocenters. The van der Waals surface area contributed by atoms with E-state index in [0.717, 1.165) is 5.69 Å². The van der Waals surface area contributed by atoms with E-state index in [1.54, 1.807) is 0 Å². The molecule has 0 spiro atoms. The summed E-state index contributed by atoms with van der Waals surface area (Å²) < 4.78 is 2.08. The normalized spacial score (nSPS) is 11.1. The van der Waals surface area contributed by atoms with Gasteiger partial charge in [-0.15, -0.1) is 0 Å². The van der Waals surface area contributed by atoms with Gasteiger partial charge >= 0.3 is 0 Å². The highest BCUT2D eigenvalue weighted by Gasteiger charge is 2.04. The van der Waals surface area contributed by atoms with Crippen LogP contribution in [0.4, 0.5) is 0 Å². The lowest BCUT2D eigenvalue weighted by Gasteiger charge is -2.10. The van der Waals surface area contributed by atoms with Crippen LogP contribution in [0.5, 0.6) is 0 Å². The fourth-order valence-electron chi connectivity index (χ4n) is 1.84. The van der Waals surface area contributed by atoms with Crippen LogP contribution in [0.25, 0.3) is 5.69 Å². The zero-order chi connectivity index (χ0) is 11.7. The molecule has 0 bridgehead atoms. The molecule has 2 rings (SSSR count). The maximum absolute atomic E-state index is 4.26. The minimum Gasteiger partial charge on any atom is -0.306 e. The van der Waals surface area contributed by atoms with Gasteiger partial charge in [0.1, 0.15) is 0 Å². The van der Waals surface area contributed by atoms with Gasteiger partial charge in [-0.05, 0) is 43.0 Å². The highest BCUT2D eigenvalue weighted by molar-refractivity contribution is 5.41. The molecule has 0 radical (unpaired) electrons. The van der Waals surface area contributed by atoms with E-state index in [1.807, 2.05) is 13.3 Å². The fraction of sp³-hybridized carbons (Fsp3) is 0.357. The maximum Gasteiger partial charge on any atom is 0.0995 e. The van der Waals surface area contributed by atoms with Gasteiger partial charge in [0.05, 0.1) is 12.0 Å². The Balaban J connectivity index is 2.49. The first-order valence-corrected chi connectivity index (χ1v) is 5.69. The van der Waals surface area contributed by atoms with Gasteiger partial charge in [0.15, 0.2) is 0 Å². The summed E-state index contributed by atoms with van der Waals surface area (Å²) in [5.41, 5.74) is 4.92. The van der Waals surface area contributed by atoms with Gasteiger partial charge in [-0.1, -0.05) is 19.9 Å². The first-order valence-electron chi connectivity index (χ1n) is 5.69. The second kappa shape index (κ2) is 4.12. The number of aryl methyl sites for hydroxylation is 2. The number of hydrogen-bond acceptors (Lipinski definition) is 1. The Labute approximate surface area is 97.0 Å². The van der Waals surface area contributed by atoms with E-state index in [9.17, 15) is 0 Å². The number of benzene rings is 1. The molecule has 0 aliphatic rings. The molecule has 2 aromatic rings. The van der Waals surface area contributed by atoms with E-state index in [0.29, 0.717) is 5.92 Å². The number of imidazole rings is 1. The van der Waals surface area contributed by atoms with E-state index >= 15 is 0 Å². The number of rotatable bonds is 2. The zero-order valence-electron chi connectivity index (χ0n) is 10.4. The molecule has 0 saturated carbocycles. The summed E-state index contributed by atoms with van der Waals surface area (Å²) >= 11 is 0. The van der Waals surface area contributed by atoms with Crippen molar-refractivity contribution in [3.63, 3.8) is 0 Å². The lowest BCUT2D eigenvalue weighted by atomic mass is 10.0. The molecule has 0 unspecified atom stereocenters. The van der Waals surface area contributed by atoms with Gasteiger partial charge in [0.25, 0.3) is 0 Å². The molecule has 2 heteroatoms. The van der Waals surface area contributed by atoms with Crippen molar-refractivity contribution in [3.05, 3.63) is 47.5 Å². The Morgan fingerprint density at radius 2 is 1.88 bits per heavy atom. The molecule has 0 fully saturated rings. The average Bonchev–Trinajstić information content (AvgIpc) is 2.64. The van der Waals surface area contributed by atoms with Crippen LogP contribution in [0.1, 0.15) is 36.6 Å². The molecule has 0 saturated heterocycles. The van der Waals surface area contributed by atoms with Crippen LogP contribution in [0.3, 0.4) is 0 Å². The third-order valence-electron chi connectivity index (χ3n) is 2.76. The smallest absolute Gasteiger partial charge is 0.0995 e. The van der Waals surface area contributed by atoms with E-state index in [-0.39, 0.29) is 0 Å². The highest BCUT2D eigenvalue weighted by Crippen LogP contribution is 2.20.